The minimum atomic E-state index is 0.614. The Hall–Kier alpha value is -1.36. The summed E-state index contributed by atoms with van der Waals surface area (Å²) in [6.07, 6.45) is 4.27. The quantitative estimate of drug-likeness (QED) is 0.750. The summed E-state index contributed by atoms with van der Waals surface area (Å²) in [6.45, 7) is 3.50. The zero-order chi connectivity index (χ0) is 10.5. The molecule has 1 aromatic rings. The lowest BCUT2D eigenvalue weighted by atomic mass is 10.4. The number of rotatable bonds is 4. The van der Waals surface area contributed by atoms with Gasteiger partial charge in [0.25, 0.3) is 0 Å². The Bertz CT molecular complexity index is 308. The van der Waals surface area contributed by atoms with Crippen molar-refractivity contribution in [2.45, 2.75) is 12.8 Å². The van der Waals surface area contributed by atoms with Gasteiger partial charge in [-0.05, 0) is 18.9 Å². The maximum atomic E-state index is 5.42. The molecule has 5 nitrogen and oxygen atoms in total. The van der Waals surface area contributed by atoms with Crippen LogP contribution in [-0.4, -0.2) is 36.1 Å². The van der Waals surface area contributed by atoms with Gasteiger partial charge in [-0.25, -0.2) is 4.98 Å². The summed E-state index contributed by atoms with van der Waals surface area (Å²) in [5.74, 6) is 1.69. The van der Waals surface area contributed by atoms with Crippen LogP contribution in [0, 0.1) is 0 Å². The van der Waals surface area contributed by atoms with Crippen molar-refractivity contribution in [3.8, 4) is 0 Å². The SMILES string of the molecule is NCCNc1ccnc(N2CCCC2)n1. The van der Waals surface area contributed by atoms with E-state index in [9.17, 15) is 0 Å². The largest absolute Gasteiger partial charge is 0.369 e. The molecule has 0 spiro atoms. The van der Waals surface area contributed by atoms with E-state index in [4.69, 9.17) is 5.73 Å². The fraction of sp³-hybridized carbons (Fsp3) is 0.600. The minimum Gasteiger partial charge on any atom is -0.369 e. The van der Waals surface area contributed by atoms with Gasteiger partial charge < -0.3 is 16.0 Å². The molecule has 3 N–H and O–H groups in total. The van der Waals surface area contributed by atoms with Gasteiger partial charge in [-0.2, -0.15) is 4.98 Å². The number of aromatic nitrogens is 2. The van der Waals surface area contributed by atoms with Crippen LogP contribution in [0.3, 0.4) is 0 Å². The summed E-state index contributed by atoms with van der Waals surface area (Å²) < 4.78 is 0. The number of nitrogens with two attached hydrogens (primary N) is 1. The fourth-order valence-corrected chi connectivity index (χ4v) is 1.72. The number of nitrogens with one attached hydrogen (secondary N) is 1. The highest BCUT2D eigenvalue weighted by Crippen LogP contribution is 2.16. The average Bonchev–Trinajstić information content (AvgIpc) is 2.80. The molecule has 0 aromatic carbocycles. The van der Waals surface area contributed by atoms with Crippen molar-refractivity contribution in [2.75, 3.05) is 36.4 Å². The van der Waals surface area contributed by atoms with Crippen LogP contribution in [0.4, 0.5) is 11.8 Å². The number of anilines is 2. The van der Waals surface area contributed by atoms with E-state index in [0.717, 1.165) is 31.4 Å². The molecule has 82 valence electrons. The molecule has 15 heavy (non-hydrogen) atoms. The van der Waals surface area contributed by atoms with Gasteiger partial charge in [-0.1, -0.05) is 0 Å². The lowest BCUT2D eigenvalue weighted by molar-refractivity contribution is 0.895. The smallest absolute Gasteiger partial charge is 0.227 e. The van der Waals surface area contributed by atoms with E-state index in [1.54, 1.807) is 6.20 Å². The van der Waals surface area contributed by atoms with Gasteiger partial charge in [0.1, 0.15) is 5.82 Å². The second-order valence-corrected chi connectivity index (χ2v) is 3.65. The maximum Gasteiger partial charge on any atom is 0.227 e. The Morgan fingerprint density at radius 3 is 2.93 bits per heavy atom. The third-order valence-electron chi connectivity index (χ3n) is 2.48. The van der Waals surface area contributed by atoms with Gasteiger partial charge in [-0.15, -0.1) is 0 Å². The van der Waals surface area contributed by atoms with Gasteiger partial charge in [0.15, 0.2) is 0 Å². The number of nitrogens with zero attached hydrogens (tertiary/aromatic N) is 3. The molecular weight excluding hydrogens is 190 g/mol. The van der Waals surface area contributed by atoms with Gasteiger partial charge in [0.2, 0.25) is 5.95 Å². The van der Waals surface area contributed by atoms with Crippen LogP contribution >= 0.6 is 0 Å². The molecule has 1 saturated heterocycles. The lowest BCUT2D eigenvalue weighted by Gasteiger charge is -2.15. The first-order chi connectivity index (χ1) is 7.40. The molecular formula is C10H17N5. The first kappa shape index (κ1) is 10.2. The molecule has 2 rings (SSSR count). The Balaban J connectivity index is 2.04. The zero-order valence-corrected chi connectivity index (χ0v) is 8.82. The molecule has 0 amide bonds. The first-order valence-corrected chi connectivity index (χ1v) is 5.42. The third kappa shape index (κ3) is 2.56. The van der Waals surface area contributed by atoms with Crippen LogP contribution in [0.25, 0.3) is 0 Å². The monoisotopic (exact) mass is 207 g/mol. The highest BCUT2D eigenvalue weighted by atomic mass is 15.3. The predicted molar refractivity (Wildman–Crippen MR) is 61.0 cm³/mol. The molecule has 0 atom stereocenters. The topological polar surface area (TPSA) is 67.1 Å². The second kappa shape index (κ2) is 4.93. The Morgan fingerprint density at radius 1 is 1.40 bits per heavy atom. The molecule has 1 aliphatic heterocycles. The third-order valence-corrected chi connectivity index (χ3v) is 2.48. The van der Waals surface area contributed by atoms with Crippen molar-refractivity contribution < 1.29 is 0 Å². The van der Waals surface area contributed by atoms with Gasteiger partial charge in [0, 0.05) is 32.4 Å². The van der Waals surface area contributed by atoms with E-state index in [-0.39, 0.29) is 0 Å². The van der Waals surface area contributed by atoms with Crippen LogP contribution in [0.15, 0.2) is 12.3 Å². The molecule has 0 unspecified atom stereocenters. The second-order valence-electron chi connectivity index (χ2n) is 3.65. The summed E-state index contributed by atoms with van der Waals surface area (Å²) in [6, 6.07) is 1.87. The molecule has 1 aliphatic rings. The highest BCUT2D eigenvalue weighted by Gasteiger charge is 2.14. The fourth-order valence-electron chi connectivity index (χ4n) is 1.72. The number of hydrogen-bond donors (Lipinski definition) is 2. The summed E-state index contributed by atoms with van der Waals surface area (Å²) in [5.41, 5.74) is 5.42. The normalized spacial score (nSPS) is 15.7. The summed E-state index contributed by atoms with van der Waals surface area (Å²) in [4.78, 5) is 10.9. The predicted octanol–water partition coefficient (Wildman–Crippen LogP) is 0.447. The van der Waals surface area contributed by atoms with E-state index in [0.29, 0.717) is 6.54 Å². The molecule has 2 heterocycles. The van der Waals surface area contributed by atoms with Crippen LogP contribution in [0.5, 0.6) is 0 Å². The Labute approximate surface area is 89.7 Å². The average molecular weight is 207 g/mol. The summed E-state index contributed by atoms with van der Waals surface area (Å²) >= 11 is 0. The highest BCUT2D eigenvalue weighted by molar-refractivity contribution is 5.41. The van der Waals surface area contributed by atoms with Gasteiger partial charge in [0.05, 0.1) is 0 Å². The van der Waals surface area contributed by atoms with E-state index in [1.165, 1.54) is 12.8 Å². The first-order valence-electron chi connectivity index (χ1n) is 5.42. The molecule has 0 saturated carbocycles. The molecule has 5 heteroatoms. The summed E-state index contributed by atoms with van der Waals surface area (Å²) in [7, 11) is 0. The van der Waals surface area contributed by atoms with Crippen molar-refractivity contribution in [2.24, 2.45) is 5.73 Å². The van der Waals surface area contributed by atoms with E-state index in [1.807, 2.05) is 6.07 Å². The van der Waals surface area contributed by atoms with Crippen molar-refractivity contribution in [3.05, 3.63) is 12.3 Å². The van der Waals surface area contributed by atoms with Crippen molar-refractivity contribution in [1.82, 2.24) is 9.97 Å². The van der Waals surface area contributed by atoms with E-state index < -0.39 is 0 Å². The van der Waals surface area contributed by atoms with Crippen molar-refractivity contribution in [1.29, 1.82) is 0 Å². The Morgan fingerprint density at radius 2 is 2.20 bits per heavy atom. The Kier molecular flexibility index (Phi) is 3.34. The standard InChI is InChI=1S/C10H17N5/c11-4-6-12-9-3-5-13-10(14-9)15-7-1-2-8-15/h3,5H,1-2,4,6-8,11H2,(H,12,13,14). The van der Waals surface area contributed by atoms with Crippen LogP contribution in [0.2, 0.25) is 0 Å². The van der Waals surface area contributed by atoms with Crippen LogP contribution in [0.1, 0.15) is 12.8 Å². The van der Waals surface area contributed by atoms with Gasteiger partial charge >= 0.3 is 0 Å². The summed E-state index contributed by atoms with van der Waals surface area (Å²) in [5, 5.41) is 3.16. The van der Waals surface area contributed by atoms with Crippen molar-refractivity contribution >= 4 is 11.8 Å². The van der Waals surface area contributed by atoms with Crippen LogP contribution < -0.4 is 16.0 Å². The zero-order valence-electron chi connectivity index (χ0n) is 8.82. The van der Waals surface area contributed by atoms with E-state index >= 15 is 0 Å². The lowest BCUT2D eigenvalue weighted by Crippen LogP contribution is -2.21. The minimum absolute atomic E-state index is 0.614. The van der Waals surface area contributed by atoms with E-state index in [2.05, 4.69) is 20.2 Å². The molecule has 1 fully saturated rings. The van der Waals surface area contributed by atoms with Gasteiger partial charge in [-0.3, -0.25) is 0 Å². The number of hydrogen-bond acceptors (Lipinski definition) is 5. The maximum absolute atomic E-state index is 5.42. The van der Waals surface area contributed by atoms with Crippen molar-refractivity contribution in [3.63, 3.8) is 0 Å². The molecule has 0 aliphatic carbocycles. The molecule has 0 bridgehead atoms. The molecule has 1 aromatic heterocycles. The van der Waals surface area contributed by atoms with Crippen LogP contribution in [-0.2, 0) is 0 Å². The molecule has 0 radical (unpaired) electrons.